The summed E-state index contributed by atoms with van der Waals surface area (Å²) in [6.45, 7) is 0. The van der Waals surface area contributed by atoms with Crippen LogP contribution in [0.3, 0.4) is 0 Å². The Labute approximate surface area is 68.4 Å². The Balaban J connectivity index is 2.37. The van der Waals surface area contributed by atoms with Crippen LogP contribution in [0.2, 0.25) is 0 Å². The molecule has 1 aliphatic rings. The quantitative estimate of drug-likeness (QED) is 0.618. The van der Waals surface area contributed by atoms with Gasteiger partial charge in [0.1, 0.15) is 0 Å². The van der Waals surface area contributed by atoms with Crippen molar-refractivity contribution in [2.75, 3.05) is 7.11 Å². The van der Waals surface area contributed by atoms with Crippen molar-refractivity contribution in [1.82, 2.24) is 0 Å². The van der Waals surface area contributed by atoms with Gasteiger partial charge in [0.25, 0.3) is 0 Å². The molecular formula is C7H13O3P. The van der Waals surface area contributed by atoms with Crippen molar-refractivity contribution in [3.8, 4) is 0 Å². The fourth-order valence-corrected chi connectivity index (χ4v) is 1.86. The normalized spacial score (nSPS) is 32.5. The topological polar surface area (TPSA) is 35.5 Å². The third kappa shape index (κ3) is 2.51. The first-order valence-corrected chi connectivity index (χ1v) is 4.62. The highest BCUT2D eigenvalue weighted by atomic mass is 31.1. The van der Waals surface area contributed by atoms with Crippen LogP contribution < -0.4 is 0 Å². The Hall–Kier alpha value is 0.0200. The van der Waals surface area contributed by atoms with Crippen LogP contribution in [0.4, 0.5) is 0 Å². The summed E-state index contributed by atoms with van der Waals surface area (Å²) in [6, 6.07) is 0. The van der Waals surface area contributed by atoms with E-state index in [0.29, 0.717) is 0 Å². The van der Waals surface area contributed by atoms with E-state index in [0.717, 1.165) is 19.3 Å². The lowest BCUT2D eigenvalue weighted by Gasteiger charge is -2.27. The average molecular weight is 176 g/mol. The molecule has 2 atom stereocenters. The molecule has 0 saturated heterocycles. The summed E-state index contributed by atoms with van der Waals surface area (Å²) in [5, 5.41) is 0. The molecule has 1 rings (SSSR count). The van der Waals surface area contributed by atoms with Crippen molar-refractivity contribution in [3.63, 3.8) is 0 Å². The standard InChI is InChI=1S/C7H13O3P/c1-9-6-4-2-3-5-7(6)10-11-8/h6-7H,2-5H2,1H3. The van der Waals surface area contributed by atoms with Gasteiger partial charge in [-0.25, -0.2) is 4.57 Å². The van der Waals surface area contributed by atoms with Gasteiger partial charge in [-0.1, -0.05) is 12.8 Å². The van der Waals surface area contributed by atoms with Gasteiger partial charge in [-0.15, -0.1) is 0 Å². The summed E-state index contributed by atoms with van der Waals surface area (Å²) in [7, 11) is 1.45. The second-order valence-electron chi connectivity index (χ2n) is 2.78. The molecule has 1 fully saturated rings. The fourth-order valence-electron chi connectivity index (χ4n) is 1.51. The van der Waals surface area contributed by atoms with E-state index >= 15 is 0 Å². The maximum absolute atomic E-state index is 10.2. The summed E-state index contributed by atoms with van der Waals surface area (Å²) in [4.78, 5) is 0. The van der Waals surface area contributed by atoms with Crippen LogP contribution in [0.1, 0.15) is 25.7 Å². The summed E-state index contributed by atoms with van der Waals surface area (Å²) in [6.07, 6.45) is 4.51. The van der Waals surface area contributed by atoms with Crippen LogP contribution in [-0.4, -0.2) is 19.3 Å². The summed E-state index contributed by atoms with van der Waals surface area (Å²) >= 11 is 0. The van der Waals surface area contributed by atoms with Gasteiger partial charge >= 0.3 is 8.69 Å². The second kappa shape index (κ2) is 4.81. The highest BCUT2D eigenvalue weighted by Gasteiger charge is 2.25. The lowest BCUT2D eigenvalue weighted by Crippen LogP contribution is -2.31. The van der Waals surface area contributed by atoms with Gasteiger partial charge in [0.05, 0.1) is 12.2 Å². The molecule has 0 amide bonds. The van der Waals surface area contributed by atoms with Gasteiger partial charge in [0, 0.05) is 7.11 Å². The van der Waals surface area contributed by atoms with Crippen LogP contribution in [0.15, 0.2) is 0 Å². The minimum Gasteiger partial charge on any atom is -0.379 e. The van der Waals surface area contributed by atoms with Gasteiger partial charge in [-0.2, -0.15) is 0 Å². The molecular weight excluding hydrogens is 163 g/mol. The van der Waals surface area contributed by atoms with Crippen LogP contribution in [-0.2, 0) is 13.8 Å². The number of ether oxygens (including phenoxy) is 1. The first-order valence-electron chi connectivity index (χ1n) is 3.89. The predicted molar refractivity (Wildman–Crippen MR) is 41.7 cm³/mol. The maximum atomic E-state index is 10.2. The molecule has 4 heteroatoms. The van der Waals surface area contributed by atoms with Gasteiger partial charge in [0.2, 0.25) is 0 Å². The third-order valence-electron chi connectivity index (χ3n) is 2.12. The Morgan fingerprint density at radius 1 is 1.27 bits per heavy atom. The Bertz CT molecular complexity index is 129. The number of hydrogen-bond acceptors (Lipinski definition) is 3. The van der Waals surface area contributed by atoms with E-state index in [1.54, 1.807) is 7.11 Å². The molecule has 0 spiro atoms. The van der Waals surface area contributed by atoms with Crippen molar-refractivity contribution in [3.05, 3.63) is 0 Å². The largest absolute Gasteiger partial charge is 0.379 e. The molecule has 0 aliphatic heterocycles. The van der Waals surface area contributed by atoms with Gasteiger partial charge in [-0.05, 0) is 12.8 Å². The van der Waals surface area contributed by atoms with Gasteiger partial charge < -0.3 is 4.74 Å². The molecule has 3 nitrogen and oxygen atoms in total. The predicted octanol–water partition coefficient (Wildman–Crippen LogP) is 2.17. The van der Waals surface area contributed by atoms with E-state index in [9.17, 15) is 4.57 Å². The molecule has 0 aromatic rings. The van der Waals surface area contributed by atoms with E-state index in [2.05, 4.69) is 0 Å². The monoisotopic (exact) mass is 176 g/mol. The van der Waals surface area contributed by atoms with Crippen LogP contribution >= 0.6 is 8.69 Å². The van der Waals surface area contributed by atoms with Crippen molar-refractivity contribution >= 4 is 8.69 Å². The summed E-state index contributed by atoms with van der Waals surface area (Å²) in [5.74, 6) is 0. The zero-order chi connectivity index (χ0) is 8.10. The Morgan fingerprint density at radius 3 is 2.45 bits per heavy atom. The zero-order valence-electron chi connectivity index (χ0n) is 6.66. The van der Waals surface area contributed by atoms with E-state index in [4.69, 9.17) is 9.26 Å². The Morgan fingerprint density at radius 2 is 1.91 bits per heavy atom. The molecule has 0 aromatic heterocycles. The van der Waals surface area contributed by atoms with E-state index in [1.807, 2.05) is 0 Å². The Kier molecular flexibility index (Phi) is 3.98. The molecule has 0 radical (unpaired) electrons. The molecule has 0 N–H and O–H groups in total. The summed E-state index contributed by atoms with van der Waals surface area (Å²) < 4.78 is 20.3. The highest BCUT2D eigenvalue weighted by molar-refractivity contribution is 7.17. The molecule has 0 bridgehead atoms. The fraction of sp³-hybridized carbons (Fsp3) is 1.00. The molecule has 11 heavy (non-hydrogen) atoms. The number of rotatable bonds is 3. The SMILES string of the molecule is COC1CCCCC1OP=O. The van der Waals surface area contributed by atoms with E-state index in [1.165, 1.54) is 6.42 Å². The smallest absolute Gasteiger partial charge is 0.327 e. The van der Waals surface area contributed by atoms with Crippen molar-refractivity contribution < 1.29 is 13.8 Å². The van der Waals surface area contributed by atoms with Crippen molar-refractivity contribution in [1.29, 1.82) is 0 Å². The van der Waals surface area contributed by atoms with Crippen LogP contribution in [0.25, 0.3) is 0 Å². The minimum atomic E-state index is -0.228. The van der Waals surface area contributed by atoms with Gasteiger partial charge in [0.15, 0.2) is 0 Å². The van der Waals surface area contributed by atoms with Gasteiger partial charge in [-0.3, -0.25) is 4.52 Å². The zero-order valence-corrected chi connectivity index (χ0v) is 7.55. The molecule has 2 unspecified atom stereocenters. The first kappa shape index (κ1) is 9.11. The number of methoxy groups -OCH3 is 1. The first-order chi connectivity index (χ1) is 5.38. The highest BCUT2D eigenvalue weighted by Crippen LogP contribution is 2.25. The lowest BCUT2D eigenvalue weighted by atomic mass is 9.95. The summed E-state index contributed by atoms with van der Waals surface area (Å²) in [5.41, 5.74) is 0. The van der Waals surface area contributed by atoms with Crippen LogP contribution in [0, 0.1) is 0 Å². The van der Waals surface area contributed by atoms with Crippen molar-refractivity contribution in [2.24, 2.45) is 0 Å². The maximum Gasteiger partial charge on any atom is 0.327 e. The molecule has 1 aliphatic carbocycles. The molecule has 1 saturated carbocycles. The average Bonchev–Trinajstić information content (AvgIpc) is 2.06. The molecule has 64 valence electrons. The molecule has 0 aromatic carbocycles. The van der Waals surface area contributed by atoms with Crippen molar-refractivity contribution in [2.45, 2.75) is 37.9 Å². The van der Waals surface area contributed by atoms with E-state index < -0.39 is 0 Å². The lowest BCUT2D eigenvalue weighted by molar-refractivity contribution is -0.0176. The van der Waals surface area contributed by atoms with Crippen LogP contribution in [0.5, 0.6) is 0 Å². The minimum absolute atomic E-state index is 0.0351. The third-order valence-corrected chi connectivity index (χ3v) is 2.48. The second-order valence-corrected chi connectivity index (χ2v) is 3.14. The number of hydrogen-bond donors (Lipinski definition) is 0. The molecule has 0 heterocycles. The van der Waals surface area contributed by atoms with E-state index in [-0.39, 0.29) is 20.9 Å².